The van der Waals surface area contributed by atoms with Crippen LogP contribution in [0.25, 0.3) is 0 Å². The highest BCUT2D eigenvalue weighted by Crippen LogP contribution is 2.32. The van der Waals surface area contributed by atoms with Crippen molar-refractivity contribution >= 4 is 5.69 Å². The van der Waals surface area contributed by atoms with Crippen molar-refractivity contribution in [3.8, 4) is 0 Å². The minimum absolute atomic E-state index is 0.313. The summed E-state index contributed by atoms with van der Waals surface area (Å²) >= 11 is 0. The minimum Gasteiger partial charge on any atom is -0.385 e. The summed E-state index contributed by atoms with van der Waals surface area (Å²) < 4.78 is 0. The van der Waals surface area contributed by atoms with E-state index in [0.717, 1.165) is 6.54 Å². The number of para-hydroxylation sites is 1. The number of anilines is 1. The fraction of sp³-hybridized carbons (Fsp3) is 0.667. The molecule has 3 heteroatoms. The first-order valence-electron chi connectivity index (χ1n) is 8.34. The quantitative estimate of drug-likeness (QED) is 0.902. The Morgan fingerprint density at radius 1 is 1.10 bits per heavy atom. The molecule has 0 spiro atoms. The Bertz CT molecular complexity index is 470. The molecule has 3 nitrogen and oxygen atoms in total. The molecule has 1 unspecified atom stereocenters. The van der Waals surface area contributed by atoms with Gasteiger partial charge in [-0.2, -0.15) is 0 Å². The summed E-state index contributed by atoms with van der Waals surface area (Å²) in [6.45, 7) is 14.1. The van der Waals surface area contributed by atoms with Gasteiger partial charge in [0.1, 0.15) is 0 Å². The van der Waals surface area contributed by atoms with Gasteiger partial charge in [-0.1, -0.05) is 18.2 Å². The molecule has 1 N–H and O–H groups in total. The number of fused-ring (bicyclic) bond motifs is 1. The highest BCUT2D eigenvalue weighted by Gasteiger charge is 2.28. The van der Waals surface area contributed by atoms with Crippen LogP contribution in [0.5, 0.6) is 0 Å². The molecule has 116 valence electrons. The van der Waals surface area contributed by atoms with Crippen molar-refractivity contribution in [2.45, 2.75) is 38.6 Å². The van der Waals surface area contributed by atoms with Crippen LogP contribution in [0.15, 0.2) is 24.3 Å². The lowest BCUT2D eigenvalue weighted by atomic mass is 9.90. The minimum atomic E-state index is 0.313. The zero-order valence-electron chi connectivity index (χ0n) is 13.7. The van der Waals surface area contributed by atoms with E-state index in [1.54, 1.807) is 0 Å². The van der Waals surface area contributed by atoms with Crippen molar-refractivity contribution in [1.29, 1.82) is 0 Å². The Kier molecular flexibility index (Phi) is 4.23. The van der Waals surface area contributed by atoms with Gasteiger partial charge >= 0.3 is 0 Å². The van der Waals surface area contributed by atoms with Gasteiger partial charge in [-0.15, -0.1) is 0 Å². The molecule has 0 amide bonds. The Hall–Kier alpha value is -1.06. The molecule has 1 aromatic carbocycles. The van der Waals surface area contributed by atoms with Gasteiger partial charge in [0.25, 0.3) is 0 Å². The lowest BCUT2D eigenvalue weighted by Crippen LogP contribution is -2.54. The topological polar surface area (TPSA) is 18.5 Å². The van der Waals surface area contributed by atoms with Crippen LogP contribution in [0.3, 0.4) is 0 Å². The molecule has 1 atom stereocenters. The van der Waals surface area contributed by atoms with Crippen LogP contribution in [-0.2, 0) is 0 Å². The molecule has 2 aliphatic rings. The van der Waals surface area contributed by atoms with Gasteiger partial charge in [-0.25, -0.2) is 0 Å². The molecule has 2 aliphatic heterocycles. The van der Waals surface area contributed by atoms with Crippen molar-refractivity contribution in [2.24, 2.45) is 0 Å². The molecule has 2 heterocycles. The molecule has 0 aromatic heterocycles. The third-order valence-corrected chi connectivity index (χ3v) is 5.01. The van der Waals surface area contributed by atoms with Gasteiger partial charge in [0.15, 0.2) is 0 Å². The second-order valence-corrected chi connectivity index (χ2v) is 7.46. The molecule has 1 saturated heterocycles. The second kappa shape index (κ2) is 5.98. The molecular formula is C18H29N3. The van der Waals surface area contributed by atoms with Crippen molar-refractivity contribution in [3.05, 3.63) is 29.8 Å². The van der Waals surface area contributed by atoms with E-state index in [1.807, 2.05) is 0 Å². The average molecular weight is 287 g/mol. The third kappa shape index (κ3) is 3.41. The lowest BCUT2D eigenvalue weighted by Gasteiger charge is -2.43. The van der Waals surface area contributed by atoms with Gasteiger partial charge in [-0.05, 0) is 38.8 Å². The Morgan fingerprint density at radius 3 is 2.52 bits per heavy atom. The smallest absolute Gasteiger partial charge is 0.0376 e. The maximum absolute atomic E-state index is 3.53. The fourth-order valence-corrected chi connectivity index (χ4v) is 3.65. The first-order chi connectivity index (χ1) is 10.0. The van der Waals surface area contributed by atoms with Gasteiger partial charge in [0.2, 0.25) is 0 Å². The van der Waals surface area contributed by atoms with E-state index < -0.39 is 0 Å². The maximum atomic E-state index is 3.53. The van der Waals surface area contributed by atoms with Crippen LogP contribution in [0.2, 0.25) is 0 Å². The van der Waals surface area contributed by atoms with Crippen LogP contribution in [0.1, 0.15) is 38.7 Å². The van der Waals surface area contributed by atoms with Crippen molar-refractivity contribution in [3.63, 3.8) is 0 Å². The predicted octanol–water partition coefficient (Wildman–Crippen LogP) is 3.00. The molecule has 0 saturated carbocycles. The molecular weight excluding hydrogens is 258 g/mol. The summed E-state index contributed by atoms with van der Waals surface area (Å²) in [5, 5.41) is 3.53. The van der Waals surface area contributed by atoms with Crippen molar-refractivity contribution < 1.29 is 0 Å². The van der Waals surface area contributed by atoms with Crippen LogP contribution in [0.4, 0.5) is 5.69 Å². The number of nitrogens with zero attached hydrogens (tertiary/aromatic N) is 2. The molecule has 0 aliphatic carbocycles. The monoisotopic (exact) mass is 287 g/mol. The molecule has 21 heavy (non-hydrogen) atoms. The van der Waals surface area contributed by atoms with E-state index in [4.69, 9.17) is 0 Å². The summed E-state index contributed by atoms with van der Waals surface area (Å²) in [6.07, 6.45) is 1.26. The number of nitrogens with one attached hydrogen (secondary N) is 1. The summed E-state index contributed by atoms with van der Waals surface area (Å²) in [5.74, 6) is 0.698. The number of hydrogen-bond donors (Lipinski definition) is 1. The largest absolute Gasteiger partial charge is 0.385 e. The number of rotatable bonds is 2. The van der Waals surface area contributed by atoms with Gasteiger partial charge in [0, 0.05) is 56.4 Å². The highest BCUT2D eigenvalue weighted by molar-refractivity contribution is 5.54. The summed E-state index contributed by atoms with van der Waals surface area (Å²) in [4.78, 5) is 5.27. The Balaban J connectivity index is 1.59. The predicted molar refractivity (Wildman–Crippen MR) is 90.1 cm³/mol. The van der Waals surface area contributed by atoms with Gasteiger partial charge in [-0.3, -0.25) is 4.90 Å². The summed E-state index contributed by atoms with van der Waals surface area (Å²) in [7, 11) is 0. The zero-order chi connectivity index (χ0) is 14.9. The summed E-state index contributed by atoms with van der Waals surface area (Å²) in [6, 6.07) is 8.84. The van der Waals surface area contributed by atoms with Crippen molar-refractivity contribution in [1.82, 2.24) is 9.80 Å². The first-order valence-corrected chi connectivity index (χ1v) is 8.34. The standard InChI is InChI=1S/C18H29N3/c1-18(2,3)21-12-10-20(11-13-21)14-15-8-9-19-17-7-5-4-6-16(15)17/h4-7,15,19H,8-14H2,1-3H3. The lowest BCUT2D eigenvalue weighted by molar-refractivity contribution is 0.0592. The van der Waals surface area contributed by atoms with E-state index in [9.17, 15) is 0 Å². The van der Waals surface area contributed by atoms with Crippen LogP contribution >= 0.6 is 0 Å². The Morgan fingerprint density at radius 2 is 1.81 bits per heavy atom. The number of hydrogen-bond acceptors (Lipinski definition) is 3. The first kappa shape index (κ1) is 14.9. The molecule has 0 bridgehead atoms. The summed E-state index contributed by atoms with van der Waals surface area (Å²) in [5.41, 5.74) is 3.18. The SMILES string of the molecule is CC(C)(C)N1CCN(CC2CCNc3ccccc32)CC1. The fourth-order valence-electron chi connectivity index (χ4n) is 3.65. The number of benzene rings is 1. The van der Waals surface area contributed by atoms with E-state index in [-0.39, 0.29) is 0 Å². The third-order valence-electron chi connectivity index (χ3n) is 5.01. The van der Waals surface area contributed by atoms with E-state index in [1.165, 1.54) is 50.4 Å². The molecule has 0 radical (unpaired) electrons. The normalized spacial score (nSPS) is 24.4. The average Bonchev–Trinajstić information content (AvgIpc) is 2.47. The van der Waals surface area contributed by atoms with Gasteiger partial charge in [0.05, 0.1) is 0 Å². The van der Waals surface area contributed by atoms with Crippen LogP contribution in [-0.4, -0.2) is 54.6 Å². The molecule has 1 aromatic rings. The van der Waals surface area contributed by atoms with E-state index in [2.05, 4.69) is 60.2 Å². The van der Waals surface area contributed by atoms with Crippen molar-refractivity contribution in [2.75, 3.05) is 44.6 Å². The Labute approximate surface area is 129 Å². The maximum Gasteiger partial charge on any atom is 0.0376 e. The second-order valence-electron chi connectivity index (χ2n) is 7.46. The molecule has 1 fully saturated rings. The van der Waals surface area contributed by atoms with Crippen LogP contribution in [0, 0.1) is 0 Å². The van der Waals surface area contributed by atoms with Crippen LogP contribution < -0.4 is 5.32 Å². The molecule has 3 rings (SSSR count). The zero-order valence-corrected chi connectivity index (χ0v) is 13.7. The highest BCUT2D eigenvalue weighted by atomic mass is 15.3. The van der Waals surface area contributed by atoms with E-state index in [0.29, 0.717) is 11.5 Å². The van der Waals surface area contributed by atoms with E-state index >= 15 is 0 Å². The van der Waals surface area contributed by atoms with Gasteiger partial charge < -0.3 is 10.2 Å². The number of piperazine rings is 1.